The second-order valence-corrected chi connectivity index (χ2v) is 4.35. The van der Waals surface area contributed by atoms with Gasteiger partial charge in [-0.2, -0.15) is 0 Å². The fraction of sp³-hybridized carbons (Fsp3) is 0.833. The van der Waals surface area contributed by atoms with Crippen LogP contribution in [0.1, 0.15) is 6.92 Å². The van der Waals surface area contributed by atoms with Crippen molar-refractivity contribution in [3.05, 3.63) is 0 Å². The molecule has 6 nitrogen and oxygen atoms in total. The van der Waals surface area contributed by atoms with Gasteiger partial charge in [0.05, 0.1) is 12.9 Å². The third-order valence-electron chi connectivity index (χ3n) is 1.18. The van der Waals surface area contributed by atoms with Gasteiger partial charge in [0, 0.05) is 6.54 Å². The summed E-state index contributed by atoms with van der Waals surface area (Å²) in [4.78, 5) is 10.2. The standard InChI is InChI=1S/C6H13NO5S/c1-5(6(8)9)12-4-3-7-13(2,10)11/h5,7H,3-4H2,1-2H3,(H,8,9). The number of carboxylic acids is 1. The fourth-order valence-corrected chi connectivity index (χ4v) is 0.988. The van der Waals surface area contributed by atoms with E-state index in [2.05, 4.69) is 4.72 Å². The van der Waals surface area contributed by atoms with E-state index in [0.717, 1.165) is 6.26 Å². The molecule has 1 unspecified atom stereocenters. The Balaban J connectivity index is 3.53. The van der Waals surface area contributed by atoms with Gasteiger partial charge in [-0.05, 0) is 6.92 Å². The van der Waals surface area contributed by atoms with Crippen LogP contribution in [0.25, 0.3) is 0 Å². The lowest BCUT2D eigenvalue weighted by molar-refractivity contribution is -0.148. The number of aliphatic carboxylic acids is 1. The van der Waals surface area contributed by atoms with Gasteiger partial charge in [-0.1, -0.05) is 0 Å². The average molecular weight is 211 g/mol. The van der Waals surface area contributed by atoms with Gasteiger partial charge in [0.15, 0.2) is 6.10 Å². The van der Waals surface area contributed by atoms with Gasteiger partial charge in [-0.15, -0.1) is 0 Å². The number of hydrogen-bond donors (Lipinski definition) is 2. The van der Waals surface area contributed by atoms with Crippen molar-refractivity contribution in [1.82, 2.24) is 4.72 Å². The van der Waals surface area contributed by atoms with Crippen LogP contribution < -0.4 is 4.72 Å². The van der Waals surface area contributed by atoms with Gasteiger partial charge in [0.1, 0.15) is 0 Å². The molecule has 0 rings (SSSR count). The molecule has 2 N–H and O–H groups in total. The molecule has 1 atom stereocenters. The lowest BCUT2D eigenvalue weighted by atomic mass is 10.4. The van der Waals surface area contributed by atoms with E-state index < -0.39 is 22.1 Å². The van der Waals surface area contributed by atoms with E-state index in [1.54, 1.807) is 0 Å². The summed E-state index contributed by atoms with van der Waals surface area (Å²) in [7, 11) is -3.22. The average Bonchev–Trinajstić information content (AvgIpc) is 1.95. The Labute approximate surface area is 76.9 Å². The summed E-state index contributed by atoms with van der Waals surface area (Å²) >= 11 is 0. The Morgan fingerprint density at radius 3 is 2.54 bits per heavy atom. The van der Waals surface area contributed by atoms with Crippen molar-refractivity contribution in [2.45, 2.75) is 13.0 Å². The zero-order chi connectivity index (χ0) is 10.5. The smallest absolute Gasteiger partial charge is 0.332 e. The first-order valence-corrected chi connectivity index (χ1v) is 5.51. The van der Waals surface area contributed by atoms with E-state index in [1.165, 1.54) is 6.92 Å². The molecule has 13 heavy (non-hydrogen) atoms. The number of hydrogen-bond acceptors (Lipinski definition) is 4. The highest BCUT2D eigenvalue weighted by molar-refractivity contribution is 7.88. The van der Waals surface area contributed by atoms with Gasteiger partial charge in [0.25, 0.3) is 0 Å². The minimum atomic E-state index is -3.22. The van der Waals surface area contributed by atoms with Crippen molar-refractivity contribution >= 4 is 16.0 Å². The maximum atomic E-state index is 10.5. The largest absolute Gasteiger partial charge is 0.479 e. The molecule has 0 fully saturated rings. The second-order valence-electron chi connectivity index (χ2n) is 2.52. The molecule has 0 aliphatic heterocycles. The summed E-state index contributed by atoms with van der Waals surface area (Å²) in [6, 6.07) is 0. The van der Waals surface area contributed by atoms with Crippen molar-refractivity contribution in [3.63, 3.8) is 0 Å². The summed E-state index contributed by atoms with van der Waals surface area (Å²) in [5.74, 6) is -1.07. The van der Waals surface area contributed by atoms with Crippen LogP contribution in [-0.4, -0.2) is 45.0 Å². The summed E-state index contributed by atoms with van der Waals surface area (Å²) < 4.78 is 28.0. The topological polar surface area (TPSA) is 92.7 Å². The Kier molecular flexibility index (Phi) is 4.89. The summed E-state index contributed by atoms with van der Waals surface area (Å²) in [5.41, 5.74) is 0. The fourth-order valence-electron chi connectivity index (χ4n) is 0.534. The number of carbonyl (C=O) groups is 1. The van der Waals surface area contributed by atoms with E-state index in [4.69, 9.17) is 9.84 Å². The molecule has 0 radical (unpaired) electrons. The molecule has 0 bridgehead atoms. The normalized spacial score (nSPS) is 14.0. The van der Waals surface area contributed by atoms with Crippen molar-refractivity contribution in [3.8, 4) is 0 Å². The number of ether oxygens (including phenoxy) is 1. The van der Waals surface area contributed by atoms with E-state index in [9.17, 15) is 13.2 Å². The lowest BCUT2D eigenvalue weighted by Gasteiger charge is -2.07. The molecule has 78 valence electrons. The maximum Gasteiger partial charge on any atom is 0.332 e. The molecule has 0 saturated carbocycles. The Morgan fingerprint density at radius 2 is 2.15 bits per heavy atom. The molecule has 0 aromatic heterocycles. The molecule has 0 saturated heterocycles. The first-order chi connectivity index (χ1) is 5.83. The third-order valence-corrected chi connectivity index (χ3v) is 1.91. The predicted octanol–water partition coefficient (Wildman–Crippen LogP) is -0.975. The van der Waals surface area contributed by atoms with Crippen LogP contribution in [0.2, 0.25) is 0 Å². The van der Waals surface area contributed by atoms with Crippen LogP contribution >= 0.6 is 0 Å². The van der Waals surface area contributed by atoms with Crippen molar-refractivity contribution in [1.29, 1.82) is 0 Å². The third kappa shape index (κ3) is 7.69. The number of nitrogens with one attached hydrogen (secondary N) is 1. The zero-order valence-corrected chi connectivity index (χ0v) is 8.30. The number of rotatable bonds is 6. The Hall–Kier alpha value is -0.660. The van der Waals surface area contributed by atoms with Gasteiger partial charge < -0.3 is 9.84 Å². The van der Waals surface area contributed by atoms with Gasteiger partial charge in [0.2, 0.25) is 10.0 Å². The molecule has 0 amide bonds. The van der Waals surface area contributed by atoms with Crippen LogP contribution in [0.4, 0.5) is 0 Å². The summed E-state index contributed by atoms with van der Waals surface area (Å²) in [6.45, 7) is 1.50. The first kappa shape index (κ1) is 12.3. The SMILES string of the molecule is CC(OCCNS(C)(=O)=O)C(=O)O. The number of carboxylic acid groups (broad SMARTS) is 1. The zero-order valence-electron chi connectivity index (χ0n) is 7.48. The highest BCUT2D eigenvalue weighted by atomic mass is 32.2. The van der Waals surface area contributed by atoms with Crippen LogP contribution in [-0.2, 0) is 19.6 Å². The van der Waals surface area contributed by atoms with Gasteiger partial charge in [-0.25, -0.2) is 17.9 Å². The van der Waals surface area contributed by atoms with E-state index in [1.807, 2.05) is 0 Å². The van der Waals surface area contributed by atoms with Crippen molar-refractivity contribution in [2.75, 3.05) is 19.4 Å². The van der Waals surface area contributed by atoms with Crippen LogP contribution in [0.5, 0.6) is 0 Å². The van der Waals surface area contributed by atoms with Crippen LogP contribution in [0, 0.1) is 0 Å². The summed E-state index contributed by atoms with van der Waals surface area (Å²) in [5, 5.41) is 8.38. The Morgan fingerprint density at radius 1 is 1.62 bits per heavy atom. The molecule has 0 aliphatic rings. The monoisotopic (exact) mass is 211 g/mol. The molecule has 0 aromatic rings. The van der Waals surface area contributed by atoms with Crippen LogP contribution in [0.3, 0.4) is 0 Å². The van der Waals surface area contributed by atoms with Gasteiger partial charge in [-0.3, -0.25) is 0 Å². The number of sulfonamides is 1. The highest BCUT2D eigenvalue weighted by Gasteiger charge is 2.10. The second kappa shape index (κ2) is 5.15. The van der Waals surface area contributed by atoms with E-state index in [0.29, 0.717) is 0 Å². The lowest BCUT2D eigenvalue weighted by Crippen LogP contribution is -2.29. The molecule has 0 spiro atoms. The molecular formula is C6H13NO5S. The van der Waals surface area contributed by atoms with E-state index >= 15 is 0 Å². The molecule has 0 heterocycles. The minimum Gasteiger partial charge on any atom is -0.479 e. The summed E-state index contributed by atoms with van der Waals surface area (Å²) in [6.07, 6.45) is 0.106. The van der Waals surface area contributed by atoms with Gasteiger partial charge >= 0.3 is 5.97 Å². The van der Waals surface area contributed by atoms with E-state index in [-0.39, 0.29) is 13.2 Å². The van der Waals surface area contributed by atoms with Crippen LogP contribution in [0.15, 0.2) is 0 Å². The minimum absolute atomic E-state index is 0.0422. The Bertz CT molecular complexity index is 260. The van der Waals surface area contributed by atoms with Crippen molar-refractivity contribution in [2.24, 2.45) is 0 Å². The molecule has 7 heteroatoms. The molecular weight excluding hydrogens is 198 g/mol. The highest BCUT2D eigenvalue weighted by Crippen LogP contribution is 1.88. The predicted molar refractivity (Wildman–Crippen MR) is 45.9 cm³/mol. The maximum absolute atomic E-state index is 10.5. The molecule has 0 aromatic carbocycles. The molecule has 0 aliphatic carbocycles. The quantitative estimate of drug-likeness (QED) is 0.551. The van der Waals surface area contributed by atoms with Crippen molar-refractivity contribution < 1.29 is 23.1 Å². The first-order valence-electron chi connectivity index (χ1n) is 3.62.